The summed E-state index contributed by atoms with van der Waals surface area (Å²) < 4.78 is 20.4. The molecule has 208 valence electrons. The van der Waals surface area contributed by atoms with E-state index < -0.39 is 6.04 Å². The zero-order valence-corrected chi connectivity index (χ0v) is 22.0. The lowest BCUT2D eigenvalue weighted by atomic mass is 9.97. The third-order valence-electron chi connectivity index (χ3n) is 7.91. The molecule has 0 saturated carbocycles. The molecule has 0 spiro atoms. The van der Waals surface area contributed by atoms with Crippen LogP contribution in [0.25, 0.3) is 0 Å². The van der Waals surface area contributed by atoms with E-state index in [0.717, 1.165) is 57.4 Å². The number of halogens is 1. The summed E-state index contributed by atoms with van der Waals surface area (Å²) in [6.07, 6.45) is 3.97. The molecule has 0 bridgehead atoms. The lowest BCUT2D eigenvalue weighted by Crippen LogP contribution is -2.51. The molecule has 1 atom stereocenters. The van der Waals surface area contributed by atoms with Crippen molar-refractivity contribution in [2.75, 3.05) is 36.4 Å². The van der Waals surface area contributed by atoms with Crippen LogP contribution in [0, 0.1) is 5.82 Å². The minimum Gasteiger partial charge on any atom is -0.445 e. The minimum atomic E-state index is -0.539. The summed E-state index contributed by atoms with van der Waals surface area (Å²) in [5.74, 6) is -0.972. The number of amides is 3. The molecular weight excluding hydrogens is 501 g/mol. The SMILES string of the molecule is O=C1CC[C@@H](Nc2ccc(N3CCC(N4CCC(NC(=O)OCc5ccccc5)CC4)CC3)c(F)c2)C(=O)N1. The summed E-state index contributed by atoms with van der Waals surface area (Å²) in [5.41, 5.74) is 2.06. The lowest BCUT2D eigenvalue weighted by Gasteiger charge is -2.42. The molecule has 2 aromatic rings. The lowest BCUT2D eigenvalue weighted by molar-refractivity contribution is -0.133. The molecule has 0 aromatic heterocycles. The van der Waals surface area contributed by atoms with Gasteiger partial charge < -0.3 is 25.2 Å². The highest BCUT2D eigenvalue weighted by atomic mass is 19.1. The number of carbonyl (C=O) groups is 3. The van der Waals surface area contributed by atoms with E-state index in [-0.39, 0.29) is 42.8 Å². The Labute approximate surface area is 228 Å². The molecule has 0 radical (unpaired) electrons. The van der Waals surface area contributed by atoms with E-state index in [1.807, 2.05) is 30.3 Å². The number of anilines is 2. The van der Waals surface area contributed by atoms with E-state index in [4.69, 9.17) is 4.74 Å². The van der Waals surface area contributed by atoms with E-state index in [0.29, 0.717) is 23.8 Å². The Kier molecular flexibility index (Phi) is 8.61. The maximum Gasteiger partial charge on any atom is 0.407 e. The van der Waals surface area contributed by atoms with Crippen LogP contribution < -0.4 is 20.9 Å². The number of nitrogens with one attached hydrogen (secondary N) is 3. The molecule has 39 heavy (non-hydrogen) atoms. The first-order valence-corrected chi connectivity index (χ1v) is 13.8. The summed E-state index contributed by atoms with van der Waals surface area (Å²) in [4.78, 5) is 40.1. The van der Waals surface area contributed by atoms with Crippen LogP contribution in [0.5, 0.6) is 0 Å². The van der Waals surface area contributed by atoms with E-state index >= 15 is 4.39 Å². The third kappa shape index (κ3) is 7.06. The van der Waals surface area contributed by atoms with E-state index in [2.05, 4.69) is 25.8 Å². The van der Waals surface area contributed by atoms with Gasteiger partial charge in [-0.25, -0.2) is 9.18 Å². The molecule has 9 nitrogen and oxygen atoms in total. The van der Waals surface area contributed by atoms with Crippen LogP contribution in [0.2, 0.25) is 0 Å². The monoisotopic (exact) mass is 537 g/mol. The van der Waals surface area contributed by atoms with Crippen LogP contribution in [-0.4, -0.2) is 67.1 Å². The number of carbonyl (C=O) groups excluding carboxylic acids is 3. The van der Waals surface area contributed by atoms with Crippen molar-refractivity contribution in [3.8, 4) is 0 Å². The average Bonchev–Trinajstić information content (AvgIpc) is 2.95. The smallest absolute Gasteiger partial charge is 0.407 e. The van der Waals surface area contributed by atoms with E-state index in [1.165, 1.54) is 6.07 Å². The summed E-state index contributed by atoms with van der Waals surface area (Å²) in [6.45, 7) is 3.65. The Bertz CT molecular complexity index is 1160. The highest BCUT2D eigenvalue weighted by Gasteiger charge is 2.30. The van der Waals surface area contributed by atoms with Crippen molar-refractivity contribution in [1.29, 1.82) is 0 Å². The molecular formula is C29H36FN5O4. The van der Waals surface area contributed by atoms with E-state index in [1.54, 1.807) is 12.1 Å². The Morgan fingerprint density at radius 3 is 2.41 bits per heavy atom. The zero-order valence-electron chi connectivity index (χ0n) is 22.0. The Morgan fingerprint density at radius 1 is 0.974 bits per heavy atom. The van der Waals surface area contributed by atoms with Crippen molar-refractivity contribution in [2.45, 2.75) is 63.3 Å². The van der Waals surface area contributed by atoms with Gasteiger partial charge in [-0.1, -0.05) is 30.3 Å². The summed E-state index contributed by atoms with van der Waals surface area (Å²) in [6, 6.07) is 14.6. The quantitative estimate of drug-likeness (QED) is 0.465. The van der Waals surface area contributed by atoms with Gasteiger partial charge >= 0.3 is 6.09 Å². The standard InChI is InChI=1S/C29H36FN5O4/c30-24-18-22(31-25-7-9-27(36)33-28(25)37)6-8-26(24)35-16-12-23(13-17-35)34-14-10-21(11-15-34)32-29(38)39-19-20-4-2-1-3-5-20/h1-6,8,18,21,23,25,31H,7,9-17,19H2,(H,32,38)(H,33,36,37)/t25-/m1/s1. The van der Waals surface area contributed by atoms with Crippen LogP contribution in [0.3, 0.4) is 0 Å². The number of imide groups is 1. The number of likely N-dealkylation sites (tertiary alicyclic amines) is 1. The number of hydrogen-bond donors (Lipinski definition) is 3. The van der Waals surface area contributed by atoms with Crippen molar-refractivity contribution < 1.29 is 23.5 Å². The second-order valence-corrected chi connectivity index (χ2v) is 10.5. The Balaban J connectivity index is 1.04. The predicted octanol–water partition coefficient (Wildman–Crippen LogP) is 3.40. The fourth-order valence-electron chi connectivity index (χ4n) is 5.70. The van der Waals surface area contributed by atoms with Crippen molar-refractivity contribution in [1.82, 2.24) is 15.5 Å². The highest BCUT2D eigenvalue weighted by molar-refractivity contribution is 6.01. The molecule has 3 saturated heterocycles. The van der Waals surface area contributed by atoms with Gasteiger partial charge in [-0.3, -0.25) is 14.9 Å². The number of ether oxygens (including phenoxy) is 1. The molecule has 3 aliphatic heterocycles. The number of rotatable bonds is 7. The first kappa shape index (κ1) is 26.9. The van der Waals surface area contributed by atoms with Crippen LogP contribution in [0.15, 0.2) is 48.5 Å². The normalized spacial score (nSPS) is 21.4. The molecule has 0 aliphatic carbocycles. The predicted molar refractivity (Wildman–Crippen MR) is 146 cm³/mol. The largest absolute Gasteiger partial charge is 0.445 e. The number of nitrogens with zero attached hydrogens (tertiary/aromatic N) is 2. The van der Waals surface area contributed by atoms with Gasteiger partial charge in [0.1, 0.15) is 18.5 Å². The van der Waals surface area contributed by atoms with Gasteiger partial charge in [0.05, 0.1) is 5.69 Å². The second kappa shape index (κ2) is 12.5. The molecule has 2 aromatic carbocycles. The third-order valence-corrected chi connectivity index (χ3v) is 7.91. The molecule has 3 aliphatic rings. The molecule has 5 rings (SSSR count). The molecule has 10 heteroatoms. The average molecular weight is 538 g/mol. The van der Waals surface area contributed by atoms with Gasteiger partial charge in [0, 0.05) is 50.4 Å². The van der Waals surface area contributed by atoms with Crippen LogP contribution in [-0.2, 0) is 20.9 Å². The maximum absolute atomic E-state index is 15.0. The van der Waals surface area contributed by atoms with Crippen molar-refractivity contribution in [3.63, 3.8) is 0 Å². The van der Waals surface area contributed by atoms with Gasteiger partial charge in [-0.2, -0.15) is 0 Å². The molecule has 3 heterocycles. The van der Waals surface area contributed by atoms with Crippen LogP contribution in [0.1, 0.15) is 44.1 Å². The summed E-state index contributed by atoms with van der Waals surface area (Å²) in [5, 5.41) is 8.35. The van der Waals surface area contributed by atoms with Gasteiger partial charge in [-0.05, 0) is 55.9 Å². The zero-order chi connectivity index (χ0) is 27.2. The fraction of sp³-hybridized carbons (Fsp3) is 0.483. The van der Waals surface area contributed by atoms with Crippen molar-refractivity contribution >= 4 is 29.3 Å². The Hall–Kier alpha value is -3.66. The second-order valence-electron chi connectivity index (χ2n) is 10.5. The van der Waals surface area contributed by atoms with Gasteiger partial charge in [0.15, 0.2) is 0 Å². The number of hydrogen-bond acceptors (Lipinski definition) is 7. The van der Waals surface area contributed by atoms with Gasteiger partial charge in [0.25, 0.3) is 0 Å². The Morgan fingerprint density at radius 2 is 1.72 bits per heavy atom. The van der Waals surface area contributed by atoms with Crippen LogP contribution in [0.4, 0.5) is 20.6 Å². The molecule has 3 fully saturated rings. The fourth-order valence-corrected chi connectivity index (χ4v) is 5.70. The number of alkyl carbamates (subject to hydrolysis) is 1. The minimum absolute atomic E-state index is 0.117. The maximum atomic E-state index is 15.0. The van der Waals surface area contributed by atoms with Crippen LogP contribution >= 0.6 is 0 Å². The summed E-state index contributed by atoms with van der Waals surface area (Å²) in [7, 11) is 0. The first-order chi connectivity index (χ1) is 18.9. The molecule has 3 amide bonds. The van der Waals surface area contributed by atoms with Crippen molar-refractivity contribution in [2.24, 2.45) is 0 Å². The van der Waals surface area contributed by atoms with Gasteiger partial charge in [-0.15, -0.1) is 0 Å². The summed E-state index contributed by atoms with van der Waals surface area (Å²) >= 11 is 0. The number of piperidine rings is 3. The molecule has 0 unspecified atom stereocenters. The van der Waals surface area contributed by atoms with Gasteiger partial charge in [0.2, 0.25) is 11.8 Å². The highest BCUT2D eigenvalue weighted by Crippen LogP contribution is 2.29. The topological polar surface area (TPSA) is 103 Å². The molecule has 3 N–H and O–H groups in total. The van der Waals surface area contributed by atoms with E-state index in [9.17, 15) is 14.4 Å². The van der Waals surface area contributed by atoms with Crippen molar-refractivity contribution in [3.05, 3.63) is 59.9 Å². The number of benzene rings is 2. The first-order valence-electron chi connectivity index (χ1n) is 13.8.